The van der Waals surface area contributed by atoms with Crippen LogP contribution in [0.5, 0.6) is 0 Å². The molecule has 2 atom stereocenters. The third-order valence-electron chi connectivity index (χ3n) is 4.66. The molecule has 1 amide bonds. The largest absolute Gasteiger partial charge is 0.481 e. The maximum absolute atomic E-state index is 12.5. The van der Waals surface area contributed by atoms with Crippen LogP contribution >= 0.6 is 0 Å². The number of carbonyl (C=O) groups excluding carboxylic acids is 1. The van der Waals surface area contributed by atoms with Crippen LogP contribution in [0.4, 0.5) is 0 Å². The van der Waals surface area contributed by atoms with Crippen molar-refractivity contribution < 1.29 is 14.7 Å². The molecule has 0 radical (unpaired) electrons. The summed E-state index contributed by atoms with van der Waals surface area (Å²) in [6, 6.07) is 7.40. The number of nitrogens with zero attached hydrogens (tertiary/aromatic N) is 5. The van der Waals surface area contributed by atoms with Crippen molar-refractivity contribution >= 4 is 11.9 Å². The molecule has 0 unspecified atom stereocenters. The van der Waals surface area contributed by atoms with E-state index in [0.29, 0.717) is 25.2 Å². The lowest BCUT2D eigenvalue weighted by atomic mass is 9.90. The number of carboxylic acid groups (broad SMARTS) is 1. The average molecular weight is 343 g/mol. The van der Waals surface area contributed by atoms with E-state index in [-0.39, 0.29) is 18.5 Å². The number of likely N-dealkylation sites (tertiary alicyclic amines) is 1. The molecule has 132 valence electrons. The Labute approximate surface area is 145 Å². The van der Waals surface area contributed by atoms with Crippen LogP contribution in [0.25, 0.3) is 11.4 Å². The normalized spacial score (nSPS) is 20.5. The number of carboxylic acids is 1. The van der Waals surface area contributed by atoms with Gasteiger partial charge in [-0.1, -0.05) is 29.8 Å². The van der Waals surface area contributed by atoms with E-state index in [0.717, 1.165) is 11.1 Å². The van der Waals surface area contributed by atoms with Crippen molar-refractivity contribution in [1.29, 1.82) is 0 Å². The molecule has 0 aliphatic carbocycles. The summed E-state index contributed by atoms with van der Waals surface area (Å²) in [5, 5.41) is 21.5. The quantitative estimate of drug-likeness (QED) is 0.899. The minimum Gasteiger partial charge on any atom is -0.481 e. The van der Waals surface area contributed by atoms with Crippen LogP contribution in [0.2, 0.25) is 0 Å². The Morgan fingerprint density at radius 2 is 2.00 bits per heavy atom. The first-order valence-corrected chi connectivity index (χ1v) is 8.33. The van der Waals surface area contributed by atoms with E-state index in [4.69, 9.17) is 0 Å². The summed E-state index contributed by atoms with van der Waals surface area (Å²) < 4.78 is 0. The topological polar surface area (TPSA) is 101 Å². The number of carbonyl (C=O) groups is 2. The van der Waals surface area contributed by atoms with Crippen LogP contribution < -0.4 is 0 Å². The SMILES string of the molecule is Cc1ccc(-c2nnn(CC(=O)N3CCC[C@@H](C(=O)O)[C@H]3C)n2)cc1. The first-order valence-electron chi connectivity index (χ1n) is 8.33. The molecule has 0 saturated carbocycles. The Morgan fingerprint density at radius 1 is 1.28 bits per heavy atom. The van der Waals surface area contributed by atoms with E-state index in [1.165, 1.54) is 4.80 Å². The molecule has 1 aromatic carbocycles. The fourth-order valence-corrected chi connectivity index (χ4v) is 3.17. The van der Waals surface area contributed by atoms with Crippen LogP contribution in [-0.4, -0.2) is 54.7 Å². The van der Waals surface area contributed by atoms with Gasteiger partial charge in [-0.15, -0.1) is 10.2 Å². The molecule has 1 aliphatic rings. The second kappa shape index (κ2) is 7.00. The van der Waals surface area contributed by atoms with Crippen molar-refractivity contribution in [2.24, 2.45) is 5.92 Å². The zero-order chi connectivity index (χ0) is 18.0. The van der Waals surface area contributed by atoms with E-state index in [1.54, 1.807) is 11.8 Å². The van der Waals surface area contributed by atoms with E-state index in [9.17, 15) is 14.7 Å². The van der Waals surface area contributed by atoms with Gasteiger partial charge in [0.1, 0.15) is 6.54 Å². The number of benzene rings is 1. The van der Waals surface area contributed by atoms with Crippen molar-refractivity contribution in [1.82, 2.24) is 25.1 Å². The number of hydrogen-bond donors (Lipinski definition) is 1. The zero-order valence-electron chi connectivity index (χ0n) is 14.3. The van der Waals surface area contributed by atoms with Gasteiger partial charge in [0.05, 0.1) is 5.92 Å². The van der Waals surface area contributed by atoms with Gasteiger partial charge in [0.15, 0.2) is 0 Å². The molecule has 8 heteroatoms. The number of piperidine rings is 1. The van der Waals surface area contributed by atoms with Crippen LogP contribution in [0.1, 0.15) is 25.3 Å². The Balaban J connectivity index is 1.69. The summed E-state index contributed by atoms with van der Waals surface area (Å²) in [5.74, 6) is -1.11. The summed E-state index contributed by atoms with van der Waals surface area (Å²) in [5.41, 5.74) is 1.97. The van der Waals surface area contributed by atoms with Crippen molar-refractivity contribution in [2.75, 3.05) is 6.54 Å². The first kappa shape index (κ1) is 17.1. The number of aliphatic carboxylic acids is 1. The Hall–Kier alpha value is -2.77. The molecular formula is C17H21N5O3. The molecule has 2 aromatic rings. The summed E-state index contributed by atoms with van der Waals surface area (Å²) in [6.45, 7) is 4.29. The van der Waals surface area contributed by atoms with Gasteiger partial charge in [-0.3, -0.25) is 9.59 Å². The fourth-order valence-electron chi connectivity index (χ4n) is 3.17. The second-order valence-electron chi connectivity index (χ2n) is 6.42. The van der Waals surface area contributed by atoms with Crippen molar-refractivity contribution in [3.63, 3.8) is 0 Å². The average Bonchev–Trinajstić information content (AvgIpc) is 3.03. The summed E-state index contributed by atoms with van der Waals surface area (Å²) in [7, 11) is 0. The highest BCUT2D eigenvalue weighted by atomic mass is 16.4. The number of rotatable bonds is 4. The fraction of sp³-hybridized carbons (Fsp3) is 0.471. The summed E-state index contributed by atoms with van der Waals surface area (Å²) in [4.78, 5) is 26.7. The van der Waals surface area contributed by atoms with Gasteiger partial charge in [0.25, 0.3) is 0 Å². The van der Waals surface area contributed by atoms with Gasteiger partial charge in [0, 0.05) is 18.2 Å². The van der Waals surface area contributed by atoms with E-state index < -0.39 is 11.9 Å². The van der Waals surface area contributed by atoms with Gasteiger partial charge in [-0.05, 0) is 31.9 Å². The van der Waals surface area contributed by atoms with Crippen molar-refractivity contribution in [2.45, 2.75) is 39.3 Å². The van der Waals surface area contributed by atoms with Crippen LogP contribution in [0.15, 0.2) is 24.3 Å². The van der Waals surface area contributed by atoms with Gasteiger partial charge in [0.2, 0.25) is 11.7 Å². The van der Waals surface area contributed by atoms with Crippen LogP contribution in [0.3, 0.4) is 0 Å². The molecule has 1 N–H and O–H groups in total. The maximum Gasteiger partial charge on any atom is 0.308 e. The summed E-state index contributed by atoms with van der Waals surface area (Å²) in [6.07, 6.45) is 1.28. The maximum atomic E-state index is 12.5. The third kappa shape index (κ3) is 3.67. The summed E-state index contributed by atoms with van der Waals surface area (Å²) >= 11 is 0. The molecule has 2 heterocycles. The van der Waals surface area contributed by atoms with Gasteiger partial charge < -0.3 is 10.0 Å². The smallest absolute Gasteiger partial charge is 0.308 e. The molecule has 8 nitrogen and oxygen atoms in total. The Morgan fingerprint density at radius 3 is 2.68 bits per heavy atom. The van der Waals surface area contributed by atoms with E-state index in [2.05, 4.69) is 15.4 Å². The molecule has 1 saturated heterocycles. The monoisotopic (exact) mass is 343 g/mol. The predicted octanol–water partition coefficient (Wildman–Crippen LogP) is 1.36. The number of aryl methyl sites for hydroxylation is 1. The van der Waals surface area contributed by atoms with Gasteiger partial charge in [-0.2, -0.15) is 4.80 Å². The predicted molar refractivity (Wildman–Crippen MR) is 89.5 cm³/mol. The Bertz CT molecular complexity index is 771. The molecular weight excluding hydrogens is 322 g/mol. The number of hydrogen-bond acceptors (Lipinski definition) is 5. The minimum atomic E-state index is -0.856. The third-order valence-corrected chi connectivity index (χ3v) is 4.66. The number of amides is 1. The molecule has 0 bridgehead atoms. The van der Waals surface area contributed by atoms with E-state index in [1.807, 2.05) is 31.2 Å². The zero-order valence-corrected chi connectivity index (χ0v) is 14.3. The molecule has 1 fully saturated rings. The standard InChI is InChI=1S/C17H21N5O3/c1-11-5-7-13(8-6-11)16-18-20-22(19-16)10-15(23)21-9-3-4-14(12(21)2)17(24)25/h5-8,12,14H,3-4,9-10H2,1-2H3,(H,24,25)/t12-,14-/m1/s1. The number of aromatic nitrogens is 4. The first-order chi connectivity index (χ1) is 12.0. The van der Waals surface area contributed by atoms with E-state index >= 15 is 0 Å². The second-order valence-corrected chi connectivity index (χ2v) is 6.42. The highest BCUT2D eigenvalue weighted by molar-refractivity contribution is 5.78. The van der Waals surface area contributed by atoms with Gasteiger partial charge >= 0.3 is 5.97 Å². The van der Waals surface area contributed by atoms with Crippen LogP contribution in [-0.2, 0) is 16.1 Å². The molecule has 1 aliphatic heterocycles. The van der Waals surface area contributed by atoms with Gasteiger partial charge in [-0.25, -0.2) is 0 Å². The number of tetrazole rings is 1. The van der Waals surface area contributed by atoms with Crippen molar-refractivity contribution in [3.05, 3.63) is 29.8 Å². The lowest BCUT2D eigenvalue weighted by molar-refractivity contribution is -0.149. The molecule has 0 spiro atoms. The Kier molecular flexibility index (Phi) is 4.78. The lowest BCUT2D eigenvalue weighted by Crippen LogP contribution is -2.50. The van der Waals surface area contributed by atoms with Crippen LogP contribution in [0, 0.1) is 12.8 Å². The molecule has 3 rings (SSSR count). The molecule has 1 aromatic heterocycles. The minimum absolute atomic E-state index is 0.0461. The molecule has 25 heavy (non-hydrogen) atoms. The highest BCUT2D eigenvalue weighted by Gasteiger charge is 2.35. The lowest BCUT2D eigenvalue weighted by Gasteiger charge is -2.37. The van der Waals surface area contributed by atoms with Crippen molar-refractivity contribution in [3.8, 4) is 11.4 Å². The highest BCUT2D eigenvalue weighted by Crippen LogP contribution is 2.24.